The second-order valence-corrected chi connectivity index (χ2v) is 6.92. The molecule has 2 unspecified atom stereocenters. The average molecular weight is 365 g/mol. The molecule has 7 heteroatoms. The molecule has 1 saturated carbocycles. The van der Waals surface area contributed by atoms with Crippen LogP contribution in [0.3, 0.4) is 0 Å². The van der Waals surface area contributed by atoms with Gasteiger partial charge in [-0.15, -0.1) is 0 Å². The molecule has 1 heterocycles. The van der Waals surface area contributed by atoms with Crippen LogP contribution >= 0.6 is 11.6 Å². The zero-order chi connectivity index (χ0) is 18.0. The van der Waals surface area contributed by atoms with E-state index in [1.54, 1.807) is 0 Å². The molecule has 25 heavy (non-hydrogen) atoms. The number of rotatable bonds is 4. The van der Waals surface area contributed by atoms with E-state index in [-0.39, 0.29) is 23.7 Å². The molecule has 0 spiro atoms. The number of methoxy groups -OCH3 is 1. The number of benzene rings is 1. The van der Waals surface area contributed by atoms with Crippen molar-refractivity contribution < 1.29 is 19.1 Å². The zero-order valence-corrected chi connectivity index (χ0v) is 14.8. The van der Waals surface area contributed by atoms with Crippen molar-refractivity contribution in [2.75, 3.05) is 25.5 Å². The average Bonchev–Trinajstić information content (AvgIpc) is 3.44. The molecule has 0 aromatic heterocycles. The second-order valence-electron chi connectivity index (χ2n) is 6.51. The third-order valence-corrected chi connectivity index (χ3v) is 5.09. The fourth-order valence-corrected chi connectivity index (χ4v) is 3.36. The summed E-state index contributed by atoms with van der Waals surface area (Å²) in [6.07, 6.45) is 3.79. The minimum absolute atomic E-state index is 0.0780. The summed E-state index contributed by atoms with van der Waals surface area (Å²) in [4.78, 5) is 38.3. The fourth-order valence-electron chi connectivity index (χ4n) is 3.20. The van der Waals surface area contributed by atoms with Gasteiger partial charge in [0.1, 0.15) is 0 Å². The molecule has 2 fully saturated rings. The molecule has 134 valence electrons. The number of carbonyl (C=O) groups excluding carboxylic acids is 3. The van der Waals surface area contributed by atoms with Gasteiger partial charge in [0, 0.05) is 13.1 Å². The van der Waals surface area contributed by atoms with E-state index in [4.69, 9.17) is 11.6 Å². The Hall–Kier alpha value is -2.08. The van der Waals surface area contributed by atoms with Crippen molar-refractivity contribution >= 4 is 35.1 Å². The summed E-state index contributed by atoms with van der Waals surface area (Å²) < 4.78 is 4.67. The number of carbonyl (C=O) groups is 3. The van der Waals surface area contributed by atoms with Crippen LogP contribution in [0.2, 0.25) is 5.02 Å². The van der Waals surface area contributed by atoms with Gasteiger partial charge in [-0.1, -0.05) is 11.6 Å². The van der Waals surface area contributed by atoms with Crippen LogP contribution in [-0.2, 0) is 14.3 Å². The van der Waals surface area contributed by atoms with Crippen molar-refractivity contribution in [2.24, 2.45) is 11.8 Å². The first-order valence-corrected chi connectivity index (χ1v) is 8.86. The lowest BCUT2D eigenvalue weighted by molar-refractivity contribution is -0.134. The maximum absolute atomic E-state index is 12.4. The molecule has 6 nitrogen and oxygen atoms in total. The molecular formula is C18H21ClN2O4. The first kappa shape index (κ1) is 17.7. The van der Waals surface area contributed by atoms with Gasteiger partial charge < -0.3 is 15.0 Å². The molecule has 3 rings (SSSR count). The van der Waals surface area contributed by atoms with E-state index in [1.807, 2.05) is 4.90 Å². The van der Waals surface area contributed by atoms with Crippen molar-refractivity contribution in [3.63, 3.8) is 0 Å². The number of hydrogen-bond acceptors (Lipinski definition) is 4. The van der Waals surface area contributed by atoms with Crippen LogP contribution in [0, 0.1) is 11.8 Å². The molecule has 1 saturated heterocycles. The van der Waals surface area contributed by atoms with Crippen LogP contribution in [0.4, 0.5) is 5.69 Å². The minimum atomic E-state index is -0.503. The van der Waals surface area contributed by atoms with E-state index in [0.717, 1.165) is 32.4 Å². The first-order valence-electron chi connectivity index (χ1n) is 8.49. The Kier molecular flexibility index (Phi) is 5.27. The van der Waals surface area contributed by atoms with E-state index in [1.165, 1.54) is 25.3 Å². The normalized spacial score (nSPS) is 22.2. The molecule has 2 atom stereocenters. The highest BCUT2D eigenvalue weighted by atomic mass is 35.5. The number of piperidine rings is 1. The standard InChI is InChI=1S/C18H21ClN2O4/c1-25-18(24)11-5-6-14(19)15(9-11)20-16(22)12-10-13(12)17(23)21-7-3-2-4-8-21/h5-6,9,12-13H,2-4,7-8,10H2,1H3,(H,20,22). The summed E-state index contributed by atoms with van der Waals surface area (Å²) in [5, 5.41) is 3.06. The summed E-state index contributed by atoms with van der Waals surface area (Å²) in [6.45, 7) is 1.58. The third kappa shape index (κ3) is 3.95. The lowest BCUT2D eigenvalue weighted by Gasteiger charge is -2.26. The Morgan fingerprint density at radius 3 is 2.56 bits per heavy atom. The van der Waals surface area contributed by atoms with Crippen molar-refractivity contribution in [3.8, 4) is 0 Å². The second kappa shape index (κ2) is 7.44. The molecule has 2 amide bonds. The molecule has 1 aromatic rings. The third-order valence-electron chi connectivity index (χ3n) is 4.76. The predicted octanol–water partition coefficient (Wildman–Crippen LogP) is 2.71. The van der Waals surface area contributed by atoms with E-state index in [2.05, 4.69) is 10.1 Å². The van der Waals surface area contributed by atoms with Crippen LogP contribution in [0.1, 0.15) is 36.0 Å². The molecule has 0 radical (unpaired) electrons. The van der Waals surface area contributed by atoms with Gasteiger partial charge in [-0.05, 0) is 43.9 Å². The van der Waals surface area contributed by atoms with Crippen LogP contribution in [-0.4, -0.2) is 42.9 Å². The lowest BCUT2D eigenvalue weighted by atomic mass is 10.1. The number of nitrogens with zero attached hydrogens (tertiary/aromatic N) is 1. The van der Waals surface area contributed by atoms with Crippen molar-refractivity contribution in [1.82, 2.24) is 4.90 Å². The number of nitrogens with one attached hydrogen (secondary N) is 1. The summed E-state index contributed by atoms with van der Waals surface area (Å²) >= 11 is 6.09. The summed E-state index contributed by atoms with van der Waals surface area (Å²) in [5.41, 5.74) is 0.657. The van der Waals surface area contributed by atoms with Gasteiger partial charge >= 0.3 is 5.97 Å². The Balaban J connectivity index is 1.62. The van der Waals surface area contributed by atoms with Crippen molar-refractivity contribution in [3.05, 3.63) is 28.8 Å². The number of likely N-dealkylation sites (tertiary alicyclic amines) is 1. The van der Waals surface area contributed by atoms with E-state index in [9.17, 15) is 14.4 Å². The summed E-state index contributed by atoms with van der Waals surface area (Å²) in [7, 11) is 1.29. The Labute approximate surface area is 151 Å². The van der Waals surface area contributed by atoms with Crippen molar-refractivity contribution in [2.45, 2.75) is 25.7 Å². The molecular weight excluding hydrogens is 344 g/mol. The van der Waals surface area contributed by atoms with Gasteiger partial charge in [0.25, 0.3) is 0 Å². The highest BCUT2D eigenvalue weighted by Crippen LogP contribution is 2.41. The van der Waals surface area contributed by atoms with Gasteiger partial charge in [0.2, 0.25) is 11.8 Å². The van der Waals surface area contributed by atoms with Gasteiger partial charge in [-0.25, -0.2) is 4.79 Å². The van der Waals surface area contributed by atoms with Gasteiger partial charge in [0.15, 0.2) is 0 Å². The van der Waals surface area contributed by atoms with Crippen LogP contribution < -0.4 is 5.32 Å². The highest BCUT2D eigenvalue weighted by molar-refractivity contribution is 6.34. The quantitative estimate of drug-likeness (QED) is 0.833. The maximum atomic E-state index is 12.4. The molecule has 1 aliphatic carbocycles. The Morgan fingerprint density at radius 2 is 1.88 bits per heavy atom. The Bertz CT molecular complexity index is 700. The number of esters is 1. The number of amides is 2. The molecule has 0 bridgehead atoms. The van der Waals surface area contributed by atoms with Crippen LogP contribution in [0.15, 0.2) is 18.2 Å². The summed E-state index contributed by atoms with van der Waals surface area (Å²) in [5.74, 6) is -1.22. The summed E-state index contributed by atoms with van der Waals surface area (Å²) in [6, 6.07) is 4.55. The highest BCUT2D eigenvalue weighted by Gasteiger charge is 2.49. The van der Waals surface area contributed by atoms with Crippen LogP contribution in [0.5, 0.6) is 0 Å². The molecule has 2 aliphatic rings. The first-order chi connectivity index (χ1) is 12.0. The molecule has 1 N–H and O–H groups in total. The molecule has 1 aliphatic heterocycles. The topological polar surface area (TPSA) is 75.7 Å². The smallest absolute Gasteiger partial charge is 0.337 e. The molecule has 1 aromatic carbocycles. The Morgan fingerprint density at radius 1 is 1.16 bits per heavy atom. The maximum Gasteiger partial charge on any atom is 0.337 e. The zero-order valence-electron chi connectivity index (χ0n) is 14.1. The van der Waals surface area contributed by atoms with E-state index in [0.29, 0.717) is 22.7 Å². The predicted molar refractivity (Wildman–Crippen MR) is 93.4 cm³/mol. The van der Waals surface area contributed by atoms with E-state index < -0.39 is 5.97 Å². The van der Waals surface area contributed by atoms with Gasteiger partial charge in [0.05, 0.1) is 35.2 Å². The fraction of sp³-hybridized carbons (Fsp3) is 0.500. The number of halogens is 1. The minimum Gasteiger partial charge on any atom is -0.465 e. The van der Waals surface area contributed by atoms with Gasteiger partial charge in [-0.3, -0.25) is 9.59 Å². The number of ether oxygens (including phenoxy) is 1. The lowest BCUT2D eigenvalue weighted by Crippen LogP contribution is -2.37. The van der Waals surface area contributed by atoms with Crippen LogP contribution in [0.25, 0.3) is 0 Å². The monoisotopic (exact) mass is 364 g/mol. The van der Waals surface area contributed by atoms with E-state index >= 15 is 0 Å². The number of anilines is 1. The number of hydrogen-bond donors (Lipinski definition) is 1. The van der Waals surface area contributed by atoms with Gasteiger partial charge in [-0.2, -0.15) is 0 Å². The van der Waals surface area contributed by atoms with Crippen molar-refractivity contribution in [1.29, 1.82) is 0 Å². The largest absolute Gasteiger partial charge is 0.465 e. The SMILES string of the molecule is COC(=O)c1ccc(Cl)c(NC(=O)C2CC2C(=O)N2CCCCC2)c1.